The van der Waals surface area contributed by atoms with Gasteiger partial charge in [-0.25, -0.2) is 4.90 Å². The highest BCUT2D eigenvalue weighted by Crippen LogP contribution is 2.30. The number of amides is 2. The summed E-state index contributed by atoms with van der Waals surface area (Å²) < 4.78 is 6.03. The van der Waals surface area contributed by atoms with Crippen LogP contribution in [-0.4, -0.2) is 61.0 Å². The van der Waals surface area contributed by atoms with Crippen molar-refractivity contribution in [2.24, 2.45) is 0 Å². The predicted octanol–water partition coefficient (Wildman–Crippen LogP) is 10.3. The van der Waals surface area contributed by atoms with Crippen LogP contribution in [0.5, 0.6) is 5.88 Å². The Kier molecular flexibility index (Phi) is 17.3. The fourth-order valence-electron chi connectivity index (χ4n) is 6.94. The average Bonchev–Trinajstić information content (AvgIpc) is 3.20. The molecule has 2 amide bonds. The van der Waals surface area contributed by atoms with Crippen molar-refractivity contribution in [3.8, 4) is 5.88 Å². The molecule has 7 heteroatoms. The summed E-state index contributed by atoms with van der Waals surface area (Å²) in [5.74, 6) is 0.555. The van der Waals surface area contributed by atoms with Crippen molar-refractivity contribution in [3.05, 3.63) is 121 Å². The highest BCUT2D eigenvalue weighted by Gasteiger charge is 2.31. The van der Waals surface area contributed by atoms with Gasteiger partial charge in [-0.15, -0.1) is 0 Å². The van der Waals surface area contributed by atoms with Crippen LogP contribution in [0.3, 0.4) is 0 Å². The lowest BCUT2D eigenvalue weighted by atomic mass is 10.0. The molecule has 0 unspecified atom stereocenters. The van der Waals surface area contributed by atoms with Gasteiger partial charge in [-0.05, 0) is 93.8 Å². The normalized spacial score (nSPS) is 15.6. The van der Waals surface area contributed by atoms with E-state index in [4.69, 9.17) is 4.74 Å². The van der Waals surface area contributed by atoms with Crippen LogP contribution in [-0.2, 0) is 16.0 Å². The Morgan fingerprint density at radius 1 is 0.722 bits per heavy atom. The molecule has 0 radical (unpaired) electrons. The molecule has 0 atom stereocenters. The number of piperazine rings is 1. The predicted molar refractivity (Wildman–Crippen MR) is 225 cm³/mol. The first-order valence-electron chi connectivity index (χ1n) is 20.3. The molecule has 0 bridgehead atoms. The van der Waals surface area contributed by atoms with Gasteiger partial charge >= 0.3 is 0 Å². The van der Waals surface area contributed by atoms with E-state index in [1.165, 1.54) is 27.8 Å². The number of ether oxygens (including phenoxy) is 1. The zero-order valence-corrected chi connectivity index (χ0v) is 32.4. The molecule has 1 aromatic heterocycles. The SMILES string of the molecule is CCC/C=C\C/C=C\C/C=C\C/C=C\C/C=C\CCCC(=O)N1C(=O)CCc2ccc(OCCCCN3CCN(c4cccc5ccccc45)CC3)nc21. The van der Waals surface area contributed by atoms with Crippen molar-refractivity contribution in [2.75, 3.05) is 49.1 Å². The van der Waals surface area contributed by atoms with Crippen molar-refractivity contribution >= 4 is 34.1 Å². The van der Waals surface area contributed by atoms with Crippen LogP contribution in [0, 0.1) is 0 Å². The van der Waals surface area contributed by atoms with E-state index in [9.17, 15) is 9.59 Å². The number of rotatable bonds is 21. The van der Waals surface area contributed by atoms with E-state index in [-0.39, 0.29) is 11.8 Å². The fraction of sp³-hybridized carbons (Fsp3) is 0.426. The molecule has 0 aliphatic carbocycles. The third kappa shape index (κ3) is 13.0. The second-order valence-electron chi connectivity index (χ2n) is 14.1. The molecule has 1 saturated heterocycles. The standard InChI is InChI=1S/C47H60N4O3/c1-2-3-4-5-6-7-8-9-10-11-12-13-14-15-16-17-18-19-29-45(52)51-46(53)33-31-41-30-32-44(48-47(41)51)54-39-23-22-34-49-35-37-50(38-36-49)43-28-24-26-40-25-20-21-27-42(40)43/h4-5,7-8,10-11,13-14,16-17,20-21,24-28,30,32H,2-3,6,9,12,15,18-19,22-23,29,31,33-39H2,1H3/b5-4-,8-7-,11-10-,14-13-,17-16-. The molecule has 1 fully saturated rings. The lowest BCUT2D eigenvalue weighted by Crippen LogP contribution is -2.46. The minimum Gasteiger partial charge on any atom is -0.478 e. The molecule has 2 aliphatic rings. The van der Waals surface area contributed by atoms with Crippen molar-refractivity contribution in [1.82, 2.24) is 9.88 Å². The van der Waals surface area contributed by atoms with Crippen molar-refractivity contribution in [3.63, 3.8) is 0 Å². The van der Waals surface area contributed by atoms with E-state index in [2.05, 4.69) is 125 Å². The average molecular weight is 729 g/mol. The third-order valence-corrected chi connectivity index (χ3v) is 9.99. The molecule has 3 aromatic rings. The minimum absolute atomic E-state index is 0.178. The summed E-state index contributed by atoms with van der Waals surface area (Å²) in [6.07, 6.45) is 32.8. The first-order valence-corrected chi connectivity index (χ1v) is 20.3. The Balaban J connectivity index is 0.954. The fourth-order valence-corrected chi connectivity index (χ4v) is 6.94. The largest absolute Gasteiger partial charge is 0.478 e. The van der Waals surface area contributed by atoms with Crippen molar-refractivity contribution < 1.29 is 14.3 Å². The zero-order valence-electron chi connectivity index (χ0n) is 32.4. The molecule has 7 nitrogen and oxygen atoms in total. The van der Waals surface area contributed by atoms with E-state index < -0.39 is 0 Å². The number of hydrogen-bond acceptors (Lipinski definition) is 6. The Hall–Kier alpha value is -4.75. The Morgan fingerprint density at radius 3 is 2.11 bits per heavy atom. The van der Waals surface area contributed by atoms with Crippen LogP contribution >= 0.6 is 0 Å². The number of fused-ring (bicyclic) bond motifs is 2. The number of allylic oxidation sites excluding steroid dienone is 10. The van der Waals surface area contributed by atoms with Gasteiger partial charge in [0.15, 0.2) is 0 Å². The summed E-state index contributed by atoms with van der Waals surface area (Å²) in [7, 11) is 0. The lowest BCUT2D eigenvalue weighted by molar-refractivity contribution is -0.126. The van der Waals surface area contributed by atoms with Crippen LogP contribution in [0.2, 0.25) is 0 Å². The number of carbonyl (C=O) groups is 2. The molecule has 2 aromatic carbocycles. The molecular weight excluding hydrogens is 669 g/mol. The number of hydrogen-bond donors (Lipinski definition) is 0. The molecule has 0 saturated carbocycles. The smallest absolute Gasteiger partial charge is 0.235 e. The number of pyridine rings is 1. The van der Waals surface area contributed by atoms with Gasteiger partial charge in [0.1, 0.15) is 5.82 Å². The summed E-state index contributed by atoms with van der Waals surface area (Å²) in [5.41, 5.74) is 2.25. The second-order valence-corrected chi connectivity index (χ2v) is 14.1. The van der Waals surface area contributed by atoms with Crippen molar-refractivity contribution in [2.45, 2.75) is 90.4 Å². The minimum atomic E-state index is -0.186. The quantitative estimate of drug-likeness (QED) is 0.0804. The monoisotopic (exact) mass is 728 g/mol. The summed E-state index contributed by atoms with van der Waals surface area (Å²) in [4.78, 5) is 37.1. The van der Waals surface area contributed by atoms with Crippen LogP contribution in [0.25, 0.3) is 10.8 Å². The van der Waals surface area contributed by atoms with Crippen molar-refractivity contribution in [1.29, 1.82) is 0 Å². The maximum absolute atomic E-state index is 13.2. The summed E-state index contributed by atoms with van der Waals surface area (Å²) >= 11 is 0. The van der Waals surface area contributed by atoms with Crippen LogP contribution in [0.15, 0.2) is 115 Å². The Labute approximate surface area is 323 Å². The highest BCUT2D eigenvalue weighted by molar-refractivity contribution is 6.15. The molecule has 54 heavy (non-hydrogen) atoms. The van der Waals surface area contributed by atoms with Gasteiger partial charge in [-0.2, -0.15) is 4.98 Å². The van der Waals surface area contributed by atoms with Gasteiger partial charge in [0.2, 0.25) is 17.7 Å². The molecule has 286 valence electrons. The molecule has 0 N–H and O–H groups in total. The molecule has 0 spiro atoms. The first kappa shape index (κ1) is 40.4. The zero-order chi connectivity index (χ0) is 37.6. The lowest BCUT2D eigenvalue weighted by Gasteiger charge is -2.36. The maximum Gasteiger partial charge on any atom is 0.235 e. The number of unbranched alkanes of at least 4 members (excludes halogenated alkanes) is 3. The highest BCUT2D eigenvalue weighted by atomic mass is 16.5. The molecule has 2 aliphatic heterocycles. The van der Waals surface area contributed by atoms with E-state index in [0.717, 1.165) is 89.7 Å². The van der Waals surface area contributed by atoms with Gasteiger partial charge in [-0.3, -0.25) is 14.5 Å². The number of nitrogens with zero attached hydrogens (tertiary/aromatic N) is 4. The van der Waals surface area contributed by atoms with E-state index in [0.29, 0.717) is 44.0 Å². The first-order chi connectivity index (χ1) is 26.6. The number of aromatic nitrogens is 1. The van der Waals surface area contributed by atoms with E-state index in [1.54, 1.807) is 0 Å². The Morgan fingerprint density at radius 2 is 1.39 bits per heavy atom. The topological polar surface area (TPSA) is 66.0 Å². The summed E-state index contributed by atoms with van der Waals surface area (Å²) in [6, 6.07) is 19.0. The van der Waals surface area contributed by atoms with Gasteiger partial charge in [-0.1, -0.05) is 111 Å². The number of carbonyl (C=O) groups excluding carboxylic acids is 2. The van der Waals surface area contributed by atoms with Crippen LogP contribution in [0.1, 0.15) is 89.5 Å². The van der Waals surface area contributed by atoms with E-state index >= 15 is 0 Å². The maximum atomic E-state index is 13.2. The Bertz CT molecular complexity index is 1760. The van der Waals surface area contributed by atoms with Crippen LogP contribution in [0.4, 0.5) is 11.5 Å². The summed E-state index contributed by atoms with van der Waals surface area (Å²) in [5, 5.41) is 2.62. The van der Waals surface area contributed by atoms with E-state index in [1.807, 2.05) is 12.1 Å². The van der Waals surface area contributed by atoms with Gasteiger partial charge < -0.3 is 9.64 Å². The number of benzene rings is 2. The molecule has 5 rings (SSSR count). The van der Waals surface area contributed by atoms with Gasteiger partial charge in [0.05, 0.1) is 6.61 Å². The second kappa shape index (κ2) is 23.1. The number of aryl methyl sites for hydroxylation is 1. The molecular formula is C47H60N4O3. The third-order valence-electron chi connectivity index (χ3n) is 9.99. The number of imide groups is 1. The van der Waals surface area contributed by atoms with Gasteiger partial charge in [0, 0.05) is 56.2 Å². The number of anilines is 2. The molecule has 3 heterocycles. The van der Waals surface area contributed by atoms with Gasteiger partial charge in [0.25, 0.3) is 0 Å². The van der Waals surface area contributed by atoms with Crippen LogP contribution < -0.4 is 14.5 Å². The summed E-state index contributed by atoms with van der Waals surface area (Å²) in [6.45, 7) is 7.95.